The predicted molar refractivity (Wildman–Crippen MR) is 104 cm³/mol. The van der Waals surface area contributed by atoms with Gasteiger partial charge in [-0.1, -0.05) is 24.8 Å². The molecule has 0 bridgehead atoms. The first-order valence-corrected chi connectivity index (χ1v) is 9.19. The van der Waals surface area contributed by atoms with Crippen LogP contribution >= 0.6 is 0 Å². The van der Waals surface area contributed by atoms with Crippen LogP contribution in [-0.4, -0.2) is 52.7 Å². The number of aromatic nitrogens is 2. The van der Waals surface area contributed by atoms with E-state index >= 15 is 4.39 Å². The molecule has 1 saturated heterocycles. The summed E-state index contributed by atoms with van der Waals surface area (Å²) in [6.45, 7) is 5.40. The third-order valence-electron chi connectivity index (χ3n) is 5.17. The van der Waals surface area contributed by atoms with Crippen LogP contribution < -0.4 is 4.90 Å². The van der Waals surface area contributed by atoms with Crippen LogP contribution in [0.4, 0.5) is 14.6 Å². The van der Waals surface area contributed by atoms with Gasteiger partial charge in [-0.25, -0.2) is 18.7 Å². The van der Waals surface area contributed by atoms with Crippen molar-refractivity contribution in [2.24, 2.45) is 0 Å². The molecule has 1 amide bonds. The molecule has 29 heavy (non-hydrogen) atoms. The minimum absolute atomic E-state index is 0.0115. The molecule has 2 aromatic rings. The van der Waals surface area contributed by atoms with Gasteiger partial charge in [0.1, 0.15) is 23.7 Å². The topological polar surface area (TPSA) is 66.4 Å². The van der Waals surface area contributed by atoms with Gasteiger partial charge in [0.2, 0.25) is 5.91 Å². The molecule has 1 aromatic heterocycles. The average Bonchev–Trinajstić information content (AvgIpc) is 2.74. The van der Waals surface area contributed by atoms with Crippen LogP contribution in [0, 0.1) is 5.82 Å². The van der Waals surface area contributed by atoms with E-state index in [9.17, 15) is 14.0 Å². The van der Waals surface area contributed by atoms with Gasteiger partial charge in [0, 0.05) is 43.7 Å². The maximum atomic E-state index is 15.2. The van der Waals surface area contributed by atoms with Gasteiger partial charge in [-0.3, -0.25) is 9.59 Å². The Balaban J connectivity index is 1.70. The number of carbonyl (C=O) groups excluding carboxylic acids is 2. The van der Waals surface area contributed by atoms with E-state index in [1.165, 1.54) is 30.6 Å². The van der Waals surface area contributed by atoms with Gasteiger partial charge in [0.25, 0.3) is 0 Å². The second kappa shape index (κ2) is 7.54. The molecule has 2 aliphatic rings. The summed E-state index contributed by atoms with van der Waals surface area (Å²) in [5.41, 5.74) is 0.0371. The van der Waals surface area contributed by atoms with Crippen molar-refractivity contribution in [2.45, 2.75) is 6.42 Å². The predicted octanol–water partition coefficient (Wildman–Crippen LogP) is 2.41. The zero-order valence-corrected chi connectivity index (χ0v) is 15.6. The number of hydrogen-bond acceptors (Lipinski definition) is 5. The van der Waals surface area contributed by atoms with Crippen molar-refractivity contribution in [2.75, 3.05) is 31.1 Å². The molecular weight excluding hydrogens is 378 g/mol. The normalized spacial score (nSPS) is 16.7. The maximum Gasteiger partial charge on any atom is 0.246 e. The van der Waals surface area contributed by atoms with Crippen molar-refractivity contribution < 1.29 is 18.4 Å². The smallest absolute Gasteiger partial charge is 0.246 e. The molecule has 1 aliphatic heterocycles. The van der Waals surface area contributed by atoms with E-state index < -0.39 is 17.4 Å². The molecule has 0 N–H and O–H groups in total. The molecule has 0 unspecified atom stereocenters. The van der Waals surface area contributed by atoms with Crippen molar-refractivity contribution in [1.29, 1.82) is 0 Å². The number of piperazine rings is 1. The Labute approximate surface area is 166 Å². The van der Waals surface area contributed by atoms with Crippen molar-refractivity contribution in [1.82, 2.24) is 14.9 Å². The summed E-state index contributed by atoms with van der Waals surface area (Å²) in [7, 11) is 0. The van der Waals surface area contributed by atoms with Crippen molar-refractivity contribution in [3.05, 3.63) is 65.9 Å². The molecule has 2 heterocycles. The number of nitrogens with zero attached hydrogens (tertiary/aromatic N) is 4. The van der Waals surface area contributed by atoms with Crippen LogP contribution in [-0.2, 0) is 16.0 Å². The number of rotatable bonds is 3. The van der Waals surface area contributed by atoms with Crippen LogP contribution in [0.15, 0.2) is 43.2 Å². The molecule has 148 valence electrons. The molecular formula is C21H18F2N4O2. The van der Waals surface area contributed by atoms with Gasteiger partial charge in [0.15, 0.2) is 11.6 Å². The first-order valence-electron chi connectivity index (χ1n) is 9.19. The summed E-state index contributed by atoms with van der Waals surface area (Å²) in [4.78, 5) is 36.4. The SMILES string of the molecule is C=CC(=O)N1CCN(c2ncnc3c2CC(=O)C(c2ccccc2F)=C3F)CC1. The molecule has 8 heteroatoms. The number of Topliss-reactive ketones (excluding diaryl/α,β-unsaturated/α-hetero) is 1. The highest BCUT2D eigenvalue weighted by molar-refractivity contribution is 6.29. The van der Waals surface area contributed by atoms with Gasteiger partial charge in [-0.2, -0.15) is 0 Å². The van der Waals surface area contributed by atoms with Gasteiger partial charge >= 0.3 is 0 Å². The number of benzene rings is 1. The van der Waals surface area contributed by atoms with E-state index in [1.807, 2.05) is 4.90 Å². The van der Waals surface area contributed by atoms with Crippen molar-refractivity contribution in [3.63, 3.8) is 0 Å². The standard InChI is InChI=1S/C21H18F2N4O2/c1-2-17(29)26-7-9-27(10-8-26)21-14-11-16(28)18(13-5-3-4-6-15(13)22)19(23)20(14)24-12-25-21/h2-6,12H,1,7-11H2. The minimum Gasteiger partial charge on any atom is -0.353 e. The maximum absolute atomic E-state index is 15.2. The Hall–Kier alpha value is -3.42. The lowest BCUT2D eigenvalue weighted by atomic mass is 9.89. The van der Waals surface area contributed by atoms with E-state index in [0.29, 0.717) is 37.6 Å². The number of amides is 1. The lowest BCUT2D eigenvalue weighted by Crippen LogP contribution is -2.49. The molecule has 1 aliphatic carbocycles. The number of allylic oxidation sites excluding steroid dienone is 1. The Morgan fingerprint density at radius 3 is 2.52 bits per heavy atom. The molecule has 4 rings (SSSR count). The fourth-order valence-corrected chi connectivity index (χ4v) is 3.72. The Kier molecular flexibility index (Phi) is 4.92. The first kappa shape index (κ1) is 18.9. The zero-order valence-electron chi connectivity index (χ0n) is 15.6. The van der Waals surface area contributed by atoms with Crippen LogP contribution in [0.25, 0.3) is 11.4 Å². The van der Waals surface area contributed by atoms with E-state index in [4.69, 9.17) is 0 Å². The van der Waals surface area contributed by atoms with Crippen LogP contribution in [0.2, 0.25) is 0 Å². The molecule has 0 saturated carbocycles. The summed E-state index contributed by atoms with van der Waals surface area (Å²) in [5, 5.41) is 0. The number of hydrogen-bond donors (Lipinski definition) is 0. The molecule has 0 radical (unpaired) electrons. The Morgan fingerprint density at radius 2 is 1.83 bits per heavy atom. The average molecular weight is 396 g/mol. The summed E-state index contributed by atoms with van der Waals surface area (Å²) < 4.78 is 29.4. The zero-order chi connectivity index (χ0) is 20.5. The van der Waals surface area contributed by atoms with Crippen LogP contribution in [0.1, 0.15) is 16.8 Å². The fraction of sp³-hybridized carbons (Fsp3) is 0.238. The van der Waals surface area contributed by atoms with Gasteiger partial charge in [-0.05, 0) is 12.1 Å². The van der Waals surface area contributed by atoms with Gasteiger partial charge in [-0.15, -0.1) is 0 Å². The second-order valence-corrected chi connectivity index (χ2v) is 6.81. The molecule has 1 fully saturated rings. The Bertz CT molecular complexity index is 1040. The van der Waals surface area contributed by atoms with E-state index in [1.54, 1.807) is 11.0 Å². The lowest BCUT2D eigenvalue weighted by Gasteiger charge is -2.36. The van der Waals surface area contributed by atoms with Gasteiger partial charge < -0.3 is 9.80 Å². The minimum atomic E-state index is -0.842. The monoisotopic (exact) mass is 396 g/mol. The highest BCUT2D eigenvalue weighted by Gasteiger charge is 2.33. The quantitative estimate of drug-likeness (QED) is 0.746. The molecule has 6 nitrogen and oxygen atoms in total. The molecule has 0 atom stereocenters. The van der Waals surface area contributed by atoms with Crippen molar-refractivity contribution in [3.8, 4) is 0 Å². The third-order valence-corrected chi connectivity index (χ3v) is 5.17. The van der Waals surface area contributed by atoms with Crippen molar-refractivity contribution >= 4 is 28.9 Å². The number of ketones is 1. The highest BCUT2D eigenvalue weighted by atomic mass is 19.1. The summed E-state index contributed by atoms with van der Waals surface area (Å²) in [5.74, 6) is -1.70. The van der Waals surface area contributed by atoms with E-state index in [-0.39, 0.29) is 29.2 Å². The first-order chi connectivity index (χ1) is 14.0. The molecule has 1 aromatic carbocycles. The lowest BCUT2D eigenvalue weighted by molar-refractivity contribution is -0.126. The number of carbonyl (C=O) groups is 2. The second-order valence-electron chi connectivity index (χ2n) is 6.81. The summed E-state index contributed by atoms with van der Waals surface area (Å²) in [6, 6.07) is 5.60. The fourth-order valence-electron chi connectivity index (χ4n) is 3.72. The summed E-state index contributed by atoms with van der Waals surface area (Å²) in [6.07, 6.45) is 2.39. The van der Waals surface area contributed by atoms with Crippen LogP contribution in [0.5, 0.6) is 0 Å². The third kappa shape index (κ3) is 3.30. The van der Waals surface area contributed by atoms with Gasteiger partial charge in [0.05, 0.1) is 5.57 Å². The number of halogens is 2. The largest absolute Gasteiger partial charge is 0.353 e. The number of anilines is 1. The summed E-state index contributed by atoms with van der Waals surface area (Å²) >= 11 is 0. The highest BCUT2D eigenvalue weighted by Crippen LogP contribution is 2.38. The number of fused-ring (bicyclic) bond motifs is 1. The van der Waals surface area contributed by atoms with Crippen LogP contribution in [0.3, 0.4) is 0 Å². The van der Waals surface area contributed by atoms with E-state index in [2.05, 4.69) is 16.5 Å². The van der Waals surface area contributed by atoms with E-state index in [0.717, 1.165) is 0 Å². The molecule has 0 spiro atoms. The Morgan fingerprint density at radius 1 is 1.10 bits per heavy atom.